The van der Waals surface area contributed by atoms with Crippen LogP contribution in [-0.4, -0.2) is 0 Å². The second-order valence-corrected chi connectivity index (χ2v) is 20.4. The number of fused-ring (bicyclic) bond motifs is 12. The maximum absolute atomic E-state index is 2.55. The lowest BCUT2D eigenvalue weighted by atomic mass is 9.49. The van der Waals surface area contributed by atoms with Crippen LogP contribution in [0.25, 0.3) is 64.7 Å². The third-order valence-electron chi connectivity index (χ3n) is 16.7. The van der Waals surface area contributed by atoms with Crippen LogP contribution in [0.3, 0.4) is 0 Å². The van der Waals surface area contributed by atoms with Crippen LogP contribution in [0.5, 0.6) is 0 Å². The smallest absolute Gasteiger partial charge is 0.0476 e. The van der Waals surface area contributed by atoms with Gasteiger partial charge in [-0.1, -0.05) is 152 Å². The summed E-state index contributed by atoms with van der Waals surface area (Å²) in [6.45, 7) is 0. The summed E-state index contributed by atoms with van der Waals surface area (Å²) in [5, 5.41) is 2.64. The van der Waals surface area contributed by atoms with Crippen LogP contribution in [-0.2, 0) is 5.41 Å². The molecule has 0 amide bonds. The molecule has 0 saturated heterocycles. The van der Waals surface area contributed by atoms with E-state index in [0.29, 0.717) is 5.41 Å². The van der Waals surface area contributed by atoms with Gasteiger partial charge in [-0.25, -0.2) is 0 Å². The van der Waals surface area contributed by atoms with Crippen LogP contribution in [0.4, 0.5) is 17.1 Å². The minimum atomic E-state index is 0.191. The van der Waals surface area contributed by atoms with E-state index in [2.05, 4.69) is 193 Å². The lowest BCUT2D eigenvalue weighted by Crippen LogP contribution is -2.50. The highest BCUT2D eigenvalue weighted by Crippen LogP contribution is 2.82. The SMILES string of the molecule is c1ccc(-c2ccc(N(c3ccc(-c4ccc(-c5cccc6c5-c5ccccc5C65C6CCC7CC8CC5C8(C7)C6)cc4)cc3)c3ccc4c(c3)sc3ccccc34)cc2)cc1. The Labute approximate surface area is 368 Å². The Hall–Kier alpha value is -6.22. The summed E-state index contributed by atoms with van der Waals surface area (Å²) in [7, 11) is 0. The van der Waals surface area contributed by atoms with Crippen LogP contribution >= 0.6 is 11.3 Å². The molecule has 0 aliphatic heterocycles. The van der Waals surface area contributed by atoms with Crippen molar-refractivity contribution < 1.29 is 0 Å². The molecule has 0 N–H and O–H groups in total. The van der Waals surface area contributed by atoms with Crippen LogP contribution in [0, 0.1) is 29.1 Å². The van der Waals surface area contributed by atoms with Crippen molar-refractivity contribution in [1.82, 2.24) is 0 Å². The van der Waals surface area contributed by atoms with E-state index in [4.69, 9.17) is 0 Å². The highest BCUT2D eigenvalue weighted by atomic mass is 32.1. The topological polar surface area (TPSA) is 3.24 Å². The molecule has 1 aromatic heterocycles. The Balaban J connectivity index is 0.816. The van der Waals surface area contributed by atoms with E-state index in [1.807, 2.05) is 11.3 Å². The molecule has 4 fully saturated rings. The Morgan fingerprint density at radius 2 is 1.05 bits per heavy atom. The number of hydrogen-bond acceptors (Lipinski definition) is 2. The van der Waals surface area contributed by atoms with Gasteiger partial charge in [0.25, 0.3) is 0 Å². The van der Waals surface area contributed by atoms with Gasteiger partial charge in [-0.05, 0) is 159 Å². The molecule has 8 aromatic carbocycles. The molecule has 2 spiro atoms. The molecule has 6 unspecified atom stereocenters. The molecule has 2 heteroatoms. The summed E-state index contributed by atoms with van der Waals surface area (Å²) >= 11 is 1.87. The molecule has 5 aliphatic carbocycles. The Kier molecular flexibility index (Phi) is 7.50. The monoisotopic (exact) mass is 813 g/mol. The van der Waals surface area contributed by atoms with E-state index >= 15 is 0 Å². The third-order valence-corrected chi connectivity index (χ3v) is 17.9. The standard InChI is InChI=1S/C60H47NS/c1-2-9-39(10-3-1)41-22-27-46(28-23-41)61(48-31-32-51-50-11-5-7-16-55(50)62-56(51)35-48)47-29-24-42(25-30-47)40-18-20-43(21-19-40)49-13-8-15-54-58(49)52-12-4-6-14-53(52)60(54)44-26-17-38-33-45-34-57(60)59(45,36-38)37-44/h1-16,18-25,27-32,35,38,44-45,57H,17,26,33-34,36-37H2. The summed E-state index contributed by atoms with van der Waals surface area (Å²) in [6, 6.07) is 70.9. The van der Waals surface area contributed by atoms with Crippen molar-refractivity contribution in [3.63, 3.8) is 0 Å². The molecule has 14 rings (SSSR count). The van der Waals surface area contributed by atoms with Gasteiger partial charge in [-0.2, -0.15) is 0 Å². The van der Waals surface area contributed by atoms with E-state index in [0.717, 1.165) is 40.7 Å². The van der Waals surface area contributed by atoms with E-state index in [1.165, 1.54) is 103 Å². The summed E-state index contributed by atoms with van der Waals surface area (Å²) in [5.74, 6) is 3.55. The number of anilines is 3. The zero-order chi connectivity index (χ0) is 40.6. The van der Waals surface area contributed by atoms with Gasteiger partial charge < -0.3 is 4.90 Å². The molecular weight excluding hydrogens is 767 g/mol. The molecule has 6 atom stereocenters. The summed E-state index contributed by atoms with van der Waals surface area (Å²) in [5.41, 5.74) is 18.2. The van der Waals surface area contributed by atoms with Crippen molar-refractivity contribution in [2.75, 3.05) is 4.90 Å². The Morgan fingerprint density at radius 1 is 0.435 bits per heavy atom. The predicted octanol–water partition coefficient (Wildman–Crippen LogP) is 16.6. The lowest BCUT2D eigenvalue weighted by Gasteiger charge is -2.54. The van der Waals surface area contributed by atoms with Crippen molar-refractivity contribution in [3.8, 4) is 44.5 Å². The lowest BCUT2D eigenvalue weighted by molar-refractivity contribution is -0.0202. The van der Waals surface area contributed by atoms with Crippen molar-refractivity contribution in [2.24, 2.45) is 29.1 Å². The molecule has 1 nitrogen and oxygen atoms in total. The second kappa shape index (κ2) is 13.1. The number of benzene rings is 8. The van der Waals surface area contributed by atoms with Crippen molar-refractivity contribution >= 4 is 48.6 Å². The predicted molar refractivity (Wildman–Crippen MR) is 261 cm³/mol. The molecule has 3 bridgehead atoms. The first kappa shape index (κ1) is 35.4. The minimum Gasteiger partial charge on any atom is -0.310 e. The Morgan fingerprint density at radius 3 is 1.84 bits per heavy atom. The fourth-order valence-corrected chi connectivity index (χ4v) is 15.4. The van der Waals surface area contributed by atoms with Gasteiger partial charge in [-0.3, -0.25) is 0 Å². The number of hydrogen-bond donors (Lipinski definition) is 0. The largest absolute Gasteiger partial charge is 0.310 e. The van der Waals surface area contributed by atoms with Crippen molar-refractivity contribution in [3.05, 3.63) is 199 Å². The zero-order valence-electron chi connectivity index (χ0n) is 34.8. The molecule has 9 aromatic rings. The normalized spacial score (nSPS) is 24.8. The molecule has 5 aliphatic rings. The summed E-state index contributed by atoms with van der Waals surface area (Å²) in [4.78, 5) is 2.40. The average molecular weight is 814 g/mol. The van der Waals surface area contributed by atoms with E-state index in [1.54, 1.807) is 11.1 Å². The van der Waals surface area contributed by atoms with Gasteiger partial charge in [0, 0.05) is 42.6 Å². The average Bonchev–Trinajstić information content (AvgIpc) is 3.96. The van der Waals surface area contributed by atoms with E-state index in [-0.39, 0.29) is 5.41 Å². The first-order chi connectivity index (χ1) is 30.7. The van der Waals surface area contributed by atoms with E-state index in [9.17, 15) is 0 Å². The first-order valence-electron chi connectivity index (χ1n) is 23.0. The van der Waals surface area contributed by atoms with Crippen molar-refractivity contribution in [2.45, 2.75) is 43.9 Å². The van der Waals surface area contributed by atoms with Gasteiger partial charge in [0.2, 0.25) is 0 Å². The molecule has 62 heavy (non-hydrogen) atoms. The van der Waals surface area contributed by atoms with Gasteiger partial charge in [-0.15, -0.1) is 11.3 Å². The molecule has 4 saturated carbocycles. The van der Waals surface area contributed by atoms with Crippen LogP contribution in [0.15, 0.2) is 188 Å². The Bertz CT molecular complexity index is 3220. The number of nitrogens with zero attached hydrogens (tertiary/aromatic N) is 1. The van der Waals surface area contributed by atoms with Gasteiger partial charge in [0.1, 0.15) is 0 Å². The van der Waals surface area contributed by atoms with Crippen LogP contribution in [0.1, 0.15) is 49.7 Å². The first-order valence-corrected chi connectivity index (χ1v) is 23.8. The summed E-state index contributed by atoms with van der Waals surface area (Å²) < 4.78 is 2.63. The highest BCUT2D eigenvalue weighted by Gasteiger charge is 2.75. The van der Waals surface area contributed by atoms with Crippen LogP contribution < -0.4 is 4.90 Å². The number of thiophene rings is 1. The third kappa shape index (κ3) is 4.85. The quantitative estimate of drug-likeness (QED) is 0.162. The van der Waals surface area contributed by atoms with E-state index < -0.39 is 0 Å². The fraction of sp³-hybridized carbons (Fsp3) is 0.200. The van der Waals surface area contributed by atoms with Crippen LogP contribution in [0.2, 0.25) is 0 Å². The fourth-order valence-electron chi connectivity index (χ4n) is 14.3. The second-order valence-electron chi connectivity index (χ2n) is 19.3. The molecule has 1 heterocycles. The summed E-state index contributed by atoms with van der Waals surface area (Å²) in [6.07, 6.45) is 8.76. The zero-order valence-corrected chi connectivity index (χ0v) is 35.6. The highest BCUT2D eigenvalue weighted by molar-refractivity contribution is 7.25. The minimum absolute atomic E-state index is 0.191. The molecule has 298 valence electrons. The maximum Gasteiger partial charge on any atom is 0.0476 e. The number of rotatable bonds is 6. The van der Waals surface area contributed by atoms with Crippen molar-refractivity contribution in [1.29, 1.82) is 0 Å². The molecule has 0 radical (unpaired) electrons. The molecular formula is C60H47NS. The van der Waals surface area contributed by atoms with Gasteiger partial charge in [0.15, 0.2) is 0 Å². The van der Waals surface area contributed by atoms with Gasteiger partial charge >= 0.3 is 0 Å². The maximum atomic E-state index is 2.55. The van der Waals surface area contributed by atoms with Gasteiger partial charge in [0.05, 0.1) is 0 Å².